The molecule has 7 heterocycles. The van der Waals surface area contributed by atoms with E-state index in [1.54, 1.807) is 45.7 Å². The third-order valence-electron chi connectivity index (χ3n) is 12.5. The molecular formula is C58H53N7O12S3. The van der Waals surface area contributed by atoms with Gasteiger partial charge in [-0.05, 0) is 65.8 Å². The first-order valence-electron chi connectivity index (χ1n) is 24.9. The fourth-order valence-corrected chi connectivity index (χ4v) is 11.2. The van der Waals surface area contributed by atoms with Gasteiger partial charge in [0, 0.05) is 47.1 Å². The molecule has 0 bridgehead atoms. The van der Waals surface area contributed by atoms with Crippen LogP contribution in [0.1, 0.15) is 70.5 Å². The number of nitrogens with zero attached hydrogens (tertiary/aromatic N) is 7. The lowest BCUT2D eigenvalue weighted by atomic mass is 10.2. The number of pyridine rings is 1. The summed E-state index contributed by atoms with van der Waals surface area (Å²) in [5, 5.41) is 1.02. The van der Waals surface area contributed by atoms with Crippen molar-refractivity contribution in [1.82, 2.24) is 32.4 Å². The van der Waals surface area contributed by atoms with Crippen LogP contribution in [-0.2, 0) is 75.3 Å². The zero-order chi connectivity index (χ0) is 57.0. The Balaban J connectivity index is 0.000000159. The van der Waals surface area contributed by atoms with E-state index >= 15 is 0 Å². The first-order valence-corrected chi connectivity index (χ1v) is 27.3. The minimum absolute atomic E-state index is 0.110. The topological polar surface area (TPSA) is 224 Å². The molecule has 10 rings (SSSR count). The smallest absolute Gasteiger partial charge is 0.348 e. The second-order valence-electron chi connectivity index (χ2n) is 18.1. The lowest BCUT2D eigenvalue weighted by Gasteiger charge is -2.08. The molecule has 10 aromatic rings. The van der Waals surface area contributed by atoms with E-state index in [1.165, 1.54) is 43.5 Å². The number of rotatable bonds is 16. The van der Waals surface area contributed by atoms with Gasteiger partial charge in [-0.1, -0.05) is 103 Å². The highest BCUT2D eigenvalue weighted by Crippen LogP contribution is 2.26. The summed E-state index contributed by atoms with van der Waals surface area (Å²) in [6, 6.07) is 36.1. The number of thiophene rings is 3. The zero-order valence-corrected chi connectivity index (χ0v) is 46.3. The molecule has 3 aromatic carbocycles. The highest BCUT2D eigenvalue weighted by atomic mass is 32.1. The van der Waals surface area contributed by atoms with E-state index in [-0.39, 0.29) is 42.5 Å². The monoisotopic (exact) mass is 1140 g/mol. The van der Waals surface area contributed by atoms with Crippen LogP contribution in [-0.4, -0.2) is 50.3 Å². The van der Waals surface area contributed by atoms with Crippen molar-refractivity contribution < 1.29 is 28.6 Å². The van der Waals surface area contributed by atoms with Crippen LogP contribution in [0.3, 0.4) is 0 Å². The Morgan fingerprint density at radius 2 is 0.875 bits per heavy atom. The summed E-state index contributed by atoms with van der Waals surface area (Å²) in [6.45, 7) is 4.58. The Labute approximate surface area is 467 Å². The van der Waals surface area contributed by atoms with Gasteiger partial charge in [0.15, 0.2) is 0 Å². The van der Waals surface area contributed by atoms with Crippen molar-refractivity contribution in [2.24, 2.45) is 28.2 Å². The van der Waals surface area contributed by atoms with Crippen LogP contribution in [0.15, 0.2) is 175 Å². The first-order chi connectivity index (χ1) is 38.6. The largest absolute Gasteiger partial charge is 0.457 e. The molecule has 0 saturated carbocycles. The number of hydrogen-bond donors (Lipinski definition) is 0. The Hall–Kier alpha value is -9.12. The molecular weight excluding hydrogens is 1080 g/mol. The molecule has 0 aliphatic rings. The van der Waals surface area contributed by atoms with Crippen LogP contribution >= 0.6 is 34.0 Å². The highest BCUT2D eigenvalue weighted by Gasteiger charge is 2.22. The van der Waals surface area contributed by atoms with Gasteiger partial charge in [0.1, 0.15) is 48.9 Å². The predicted molar refractivity (Wildman–Crippen MR) is 309 cm³/mol. The molecule has 22 heteroatoms. The molecule has 0 spiro atoms. The van der Waals surface area contributed by atoms with Crippen molar-refractivity contribution in [1.29, 1.82) is 0 Å². The summed E-state index contributed by atoms with van der Waals surface area (Å²) in [4.78, 5) is 118. The van der Waals surface area contributed by atoms with Gasteiger partial charge >= 0.3 is 35.0 Å². The summed E-state index contributed by atoms with van der Waals surface area (Å²) >= 11 is 3.25. The molecule has 0 saturated heterocycles. The van der Waals surface area contributed by atoms with Gasteiger partial charge < -0.3 is 14.2 Å². The minimum Gasteiger partial charge on any atom is -0.457 e. The number of benzene rings is 3. The molecule has 0 amide bonds. The van der Waals surface area contributed by atoms with Crippen molar-refractivity contribution in [3.63, 3.8) is 0 Å². The number of carbonyl (C=O) groups excluding carboxylic acids is 3. The summed E-state index contributed by atoms with van der Waals surface area (Å²) in [5.41, 5.74) is 0.906. The van der Waals surface area contributed by atoms with E-state index in [0.717, 1.165) is 78.2 Å². The van der Waals surface area contributed by atoms with Gasteiger partial charge in [0.25, 0.3) is 16.7 Å². The fourth-order valence-electron chi connectivity index (χ4n) is 8.19. The van der Waals surface area contributed by atoms with Crippen molar-refractivity contribution in [3.8, 4) is 0 Å². The van der Waals surface area contributed by atoms with Crippen LogP contribution in [0, 0.1) is 0 Å². The summed E-state index contributed by atoms with van der Waals surface area (Å²) in [7, 11) is 6.17. The SMILES string of the molecule is C=CCCCCn1c(=O)c2cc(C(=O)OCc3ccccc3)sc2n(C)c1=O.Cn1c(=O)c2cc(C(=O)OCc3ccccc3)sc2n(C)c1=O.Cn1c(=O)n(Cc2cccnc2)c(=O)c2cc(C(=O)OCc3ccccc3)sc21. The Morgan fingerprint density at radius 3 is 1.29 bits per heavy atom. The maximum absolute atomic E-state index is 12.9. The van der Waals surface area contributed by atoms with Crippen molar-refractivity contribution >= 4 is 82.6 Å². The summed E-state index contributed by atoms with van der Waals surface area (Å²) < 4.78 is 23.5. The van der Waals surface area contributed by atoms with Crippen molar-refractivity contribution in [2.45, 2.75) is 52.2 Å². The van der Waals surface area contributed by atoms with Crippen LogP contribution in [0.4, 0.5) is 0 Å². The number of allylic oxidation sites excluding steroid dienone is 1. The van der Waals surface area contributed by atoms with Gasteiger partial charge in [0.2, 0.25) is 0 Å². The summed E-state index contributed by atoms with van der Waals surface area (Å²) in [5.74, 6) is -1.54. The molecule has 0 aliphatic heterocycles. The average molecular weight is 1140 g/mol. The maximum atomic E-state index is 12.9. The first kappa shape index (κ1) is 57.1. The standard InChI is InChI=1S/C21H17N3O4S.C21H22N2O4S.C16H14N2O4S/c1-23-19-16(18(25)24(21(23)27)12-15-8-5-9-22-11-15)10-17(29-19)20(26)28-13-14-6-3-2-4-7-14;1-3-4-5-9-12-23-18(24)16-13-17(28-19(16)22(2)21(23)26)20(25)27-14-15-10-7-6-8-11-15;1-17-13(19)11-8-12(23-14(11)18(2)16(17)21)15(20)22-9-10-6-4-3-5-7-10/h2-11H,12-13H2,1H3;3,6-8,10-11,13H,1,4-5,9,12,14H2,2H3;3-8H,9H2,1-2H3. The molecule has 7 aromatic heterocycles. The van der Waals surface area contributed by atoms with Crippen LogP contribution in [0.5, 0.6) is 0 Å². The molecule has 0 aliphatic carbocycles. The van der Waals surface area contributed by atoms with E-state index in [9.17, 15) is 43.2 Å². The number of hydrogen-bond acceptors (Lipinski definition) is 16. The molecule has 19 nitrogen and oxygen atoms in total. The molecule has 0 unspecified atom stereocenters. The number of fused-ring (bicyclic) bond motifs is 3. The Kier molecular flexibility index (Phi) is 18.6. The molecule has 410 valence electrons. The number of ether oxygens (including phenoxy) is 3. The molecule has 0 atom stereocenters. The number of carbonyl (C=O) groups is 3. The second-order valence-corrected chi connectivity index (χ2v) is 21.1. The molecule has 0 radical (unpaired) electrons. The summed E-state index contributed by atoms with van der Waals surface area (Å²) in [6.07, 6.45) is 7.46. The third kappa shape index (κ3) is 13.1. The van der Waals surface area contributed by atoms with Gasteiger partial charge in [-0.3, -0.25) is 46.8 Å². The lowest BCUT2D eigenvalue weighted by molar-refractivity contribution is 0.0470. The van der Waals surface area contributed by atoms with E-state index in [0.29, 0.717) is 53.4 Å². The third-order valence-corrected chi connectivity index (χ3v) is 16.1. The van der Waals surface area contributed by atoms with Crippen LogP contribution in [0.2, 0.25) is 0 Å². The van der Waals surface area contributed by atoms with Gasteiger partial charge in [-0.25, -0.2) is 28.8 Å². The van der Waals surface area contributed by atoms with Gasteiger partial charge in [-0.15, -0.1) is 40.6 Å². The number of esters is 3. The zero-order valence-electron chi connectivity index (χ0n) is 43.9. The highest BCUT2D eigenvalue weighted by molar-refractivity contribution is 7.21. The Bertz CT molecular complexity index is 4270. The van der Waals surface area contributed by atoms with Gasteiger partial charge in [-0.2, -0.15) is 0 Å². The fraction of sp³-hybridized carbons (Fsp3) is 0.207. The van der Waals surface area contributed by atoms with E-state index in [4.69, 9.17) is 14.2 Å². The molecule has 80 heavy (non-hydrogen) atoms. The minimum atomic E-state index is -0.527. The van der Waals surface area contributed by atoms with Gasteiger partial charge in [0.05, 0.1) is 22.7 Å². The van der Waals surface area contributed by atoms with Crippen molar-refractivity contribution in [2.75, 3.05) is 0 Å². The van der Waals surface area contributed by atoms with Crippen molar-refractivity contribution in [3.05, 3.63) is 246 Å². The van der Waals surface area contributed by atoms with E-state index in [2.05, 4.69) is 11.6 Å². The lowest BCUT2D eigenvalue weighted by Crippen LogP contribution is -2.38. The molecule has 0 N–H and O–H groups in total. The Morgan fingerprint density at radius 1 is 0.487 bits per heavy atom. The quantitative estimate of drug-likeness (QED) is 0.0392. The second kappa shape index (κ2) is 26.0. The predicted octanol–water partition coefficient (Wildman–Crippen LogP) is 7.69. The van der Waals surface area contributed by atoms with E-state index < -0.39 is 40.4 Å². The average Bonchev–Trinajstić information content (AvgIpc) is 4.42. The van der Waals surface area contributed by atoms with Crippen LogP contribution < -0.4 is 33.7 Å². The number of unbranched alkanes of at least 4 members (excludes halogenated alkanes) is 2. The molecule has 0 fully saturated rings. The number of aromatic nitrogens is 7. The van der Waals surface area contributed by atoms with Crippen LogP contribution in [0.25, 0.3) is 30.6 Å². The van der Waals surface area contributed by atoms with E-state index in [1.807, 2.05) is 97.1 Å². The maximum Gasteiger partial charge on any atom is 0.348 e. The normalized spacial score (nSPS) is 10.9. The number of aryl methyl sites for hydroxylation is 3.